The van der Waals surface area contributed by atoms with Crippen molar-refractivity contribution in [2.24, 2.45) is 0 Å². The van der Waals surface area contributed by atoms with Gasteiger partial charge in [0.05, 0.1) is 0 Å². The van der Waals surface area contributed by atoms with Crippen LogP contribution in [0.25, 0.3) is 0 Å². The lowest BCUT2D eigenvalue weighted by molar-refractivity contribution is -0.141. The van der Waals surface area contributed by atoms with Crippen LogP contribution in [0.5, 0.6) is 0 Å². The maximum Gasteiger partial charge on any atom is 0.344 e. The summed E-state index contributed by atoms with van der Waals surface area (Å²) in [4.78, 5) is 25.4. The van der Waals surface area contributed by atoms with Crippen LogP contribution >= 0.6 is 7.26 Å². The van der Waals surface area contributed by atoms with Gasteiger partial charge in [0.25, 0.3) is 5.91 Å². The van der Waals surface area contributed by atoms with Crippen LogP contribution in [0.3, 0.4) is 0 Å². The number of nitrogens with one attached hydrogen (secondary N) is 1. The Morgan fingerprint density at radius 1 is 1.00 bits per heavy atom. The fourth-order valence-electron chi connectivity index (χ4n) is 3.44. The molecule has 0 aliphatic rings. The largest absolute Gasteiger partial charge is 0.458 e. The van der Waals surface area contributed by atoms with Crippen molar-refractivity contribution in [1.29, 1.82) is 0 Å². The highest BCUT2D eigenvalue weighted by Gasteiger charge is 2.43. The van der Waals surface area contributed by atoms with Crippen molar-refractivity contribution in [3.05, 3.63) is 65.2 Å². The molecule has 1 N–H and O–H groups in total. The first-order valence-electron chi connectivity index (χ1n) is 9.64. The maximum atomic E-state index is 13.0. The van der Waals surface area contributed by atoms with Gasteiger partial charge in [-0.1, -0.05) is 55.5 Å². The van der Waals surface area contributed by atoms with Crippen LogP contribution < -0.4 is 5.32 Å². The third kappa shape index (κ3) is 5.90. The maximum absolute atomic E-state index is 13.0. The lowest BCUT2D eigenvalue weighted by Crippen LogP contribution is -2.32. The summed E-state index contributed by atoms with van der Waals surface area (Å²) in [5.41, 5.74) is 3.74. The fourth-order valence-corrected chi connectivity index (χ4v) is 6.11. The van der Waals surface area contributed by atoms with E-state index in [2.05, 4.69) is 18.6 Å². The fraction of sp³-hybridized carbons (Fsp3) is 0.391. The molecule has 1 unspecified atom stereocenters. The predicted octanol–water partition coefficient (Wildman–Crippen LogP) is 5.04. The number of ether oxygens (including phenoxy) is 1. The normalized spacial score (nSPS) is 12.3. The summed E-state index contributed by atoms with van der Waals surface area (Å²) >= 11 is 0. The second kappa shape index (κ2) is 9.84. The molecule has 0 heterocycles. The molecule has 4 nitrogen and oxygen atoms in total. The summed E-state index contributed by atoms with van der Waals surface area (Å²) in [7, 11) is -1.84. The predicted molar refractivity (Wildman–Crippen MR) is 118 cm³/mol. The summed E-state index contributed by atoms with van der Waals surface area (Å²) < 4.78 is 5.45. The van der Waals surface area contributed by atoms with Gasteiger partial charge < -0.3 is 10.1 Å². The van der Waals surface area contributed by atoms with Gasteiger partial charge in [-0.3, -0.25) is 4.79 Å². The second-order valence-corrected chi connectivity index (χ2v) is 12.3. The van der Waals surface area contributed by atoms with E-state index >= 15 is 0 Å². The molecule has 0 aromatic heterocycles. The zero-order valence-electron chi connectivity index (χ0n) is 17.5. The number of carbonyl (C=O) groups excluding carboxylic acids is 2. The van der Waals surface area contributed by atoms with Gasteiger partial charge in [0.2, 0.25) is 0 Å². The highest BCUT2D eigenvalue weighted by molar-refractivity contribution is 7.76. The molecule has 2 aromatic rings. The third-order valence-corrected chi connectivity index (χ3v) is 8.40. The number of hydrogen-bond donors (Lipinski definition) is 1. The van der Waals surface area contributed by atoms with Gasteiger partial charge in [0.1, 0.15) is 12.3 Å². The molecule has 5 heteroatoms. The Hall–Kier alpha value is -2.19. The van der Waals surface area contributed by atoms with Gasteiger partial charge in [0, 0.05) is 26.3 Å². The molecule has 1 amide bonds. The van der Waals surface area contributed by atoms with E-state index in [9.17, 15) is 9.59 Å². The molecule has 28 heavy (non-hydrogen) atoms. The Morgan fingerprint density at radius 2 is 1.61 bits per heavy atom. The van der Waals surface area contributed by atoms with Crippen LogP contribution in [0.4, 0.5) is 5.69 Å². The van der Waals surface area contributed by atoms with Crippen molar-refractivity contribution < 1.29 is 14.3 Å². The molecule has 0 fully saturated rings. The number of amides is 1. The van der Waals surface area contributed by atoms with E-state index in [1.807, 2.05) is 69.3 Å². The van der Waals surface area contributed by atoms with Gasteiger partial charge in [-0.15, -0.1) is 0 Å². The molecule has 0 radical (unpaired) electrons. The first-order chi connectivity index (χ1) is 13.2. The van der Waals surface area contributed by atoms with Gasteiger partial charge in [-0.25, -0.2) is 4.79 Å². The van der Waals surface area contributed by atoms with E-state index in [-0.39, 0.29) is 24.1 Å². The monoisotopic (exact) mass is 400 g/mol. The molecule has 1 atom stereocenters. The van der Waals surface area contributed by atoms with Crippen molar-refractivity contribution in [3.8, 4) is 0 Å². The number of esters is 1. The summed E-state index contributed by atoms with van der Waals surface area (Å²) in [5, 5.41) is 3.10. The zero-order chi connectivity index (χ0) is 20.7. The number of hydrogen-bond acceptors (Lipinski definition) is 3. The lowest BCUT2D eigenvalue weighted by Gasteiger charge is -2.26. The first kappa shape index (κ1) is 22.1. The van der Waals surface area contributed by atoms with E-state index in [0.29, 0.717) is 12.6 Å². The van der Waals surface area contributed by atoms with E-state index in [1.165, 1.54) is 0 Å². The Balaban J connectivity index is 2.02. The number of para-hydroxylation sites is 1. The number of rotatable bonds is 8. The third-order valence-electron chi connectivity index (χ3n) is 5.04. The highest BCUT2D eigenvalue weighted by atomic mass is 31.2. The van der Waals surface area contributed by atoms with Crippen molar-refractivity contribution in [2.75, 3.05) is 24.8 Å². The van der Waals surface area contributed by atoms with E-state index in [0.717, 1.165) is 22.4 Å². The smallest absolute Gasteiger partial charge is 0.344 e. The van der Waals surface area contributed by atoms with Crippen molar-refractivity contribution >= 4 is 24.8 Å². The minimum absolute atomic E-state index is 0.00547. The molecular formula is C23H31NO3P+. The Kier molecular flexibility index (Phi) is 7.77. The number of carbonyl (C=O) groups is 2. The van der Waals surface area contributed by atoms with Gasteiger partial charge in [0.15, 0.2) is 6.16 Å². The molecule has 0 saturated heterocycles. The number of anilines is 1. The van der Waals surface area contributed by atoms with Crippen LogP contribution in [0.15, 0.2) is 48.5 Å². The topological polar surface area (TPSA) is 55.4 Å². The molecule has 2 aromatic carbocycles. The van der Waals surface area contributed by atoms with Gasteiger partial charge >= 0.3 is 5.97 Å². The Bertz CT molecular complexity index is 798. The molecule has 0 aliphatic carbocycles. The standard InChI is InChI=1S/C23H30NO3P/c1-6-20(23(26)24-22-17(2)11-10-12-18(22)3)28(4,5)16-21(25)27-15-19-13-8-7-9-14-19/h7-14,20H,6,15-16H2,1-5H3/p+1. The van der Waals surface area contributed by atoms with Crippen LogP contribution in [-0.4, -0.2) is 37.0 Å². The summed E-state index contributed by atoms with van der Waals surface area (Å²) in [6, 6.07) is 15.6. The van der Waals surface area contributed by atoms with Crippen LogP contribution in [-0.2, 0) is 20.9 Å². The number of benzene rings is 2. The first-order valence-corrected chi connectivity index (χ1v) is 12.6. The summed E-state index contributed by atoms with van der Waals surface area (Å²) in [6.45, 7) is 10.4. The van der Waals surface area contributed by atoms with Crippen LogP contribution in [0, 0.1) is 13.8 Å². The van der Waals surface area contributed by atoms with E-state index < -0.39 is 7.26 Å². The Morgan fingerprint density at radius 3 is 2.18 bits per heavy atom. The summed E-state index contributed by atoms with van der Waals surface area (Å²) in [6.07, 6.45) is 1.00. The molecule has 2 rings (SSSR count). The zero-order valence-corrected chi connectivity index (χ0v) is 18.4. The van der Waals surface area contributed by atoms with E-state index in [1.54, 1.807) is 0 Å². The molecule has 0 aliphatic heterocycles. The van der Waals surface area contributed by atoms with Gasteiger partial charge in [-0.2, -0.15) is 0 Å². The highest BCUT2D eigenvalue weighted by Crippen LogP contribution is 2.57. The molecule has 0 spiro atoms. The minimum atomic E-state index is -1.84. The van der Waals surface area contributed by atoms with Crippen LogP contribution in [0.2, 0.25) is 0 Å². The van der Waals surface area contributed by atoms with E-state index in [4.69, 9.17) is 4.74 Å². The second-order valence-electron chi connectivity index (χ2n) is 7.76. The van der Waals surface area contributed by atoms with Gasteiger partial charge in [-0.05, 0) is 37.0 Å². The molecule has 150 valence electrons. The van der Waals surface area contributed by atoms with Crippen molar-refractivity contribution in [3.63, 3.8) is 0 Å². The molecule has 0 bridgehead atoms. The lowest BCUT2D eigenvalue weighted by atomic mass is 10.1. The van der Waals surface area contributed by atoms with Crippen LogP contribution in [0.1, 0.15) is 30.0 Å². The van der Waals surface area contributed by atoms with Crippen molar-refractivity contribution in [2.45, 2.75) is 39.5 Å². The number of aryl methyl sites for hydroxylation is 2. The molecule has 0 saturated carbocycles. The average molecular weight is 400 g/mol. The molecular weight excluding hydrogens is 369 g/mol. The summed E-state index contributed by atoms with van der Waals surface area (Å²) in [5.74, 6) is -0.241. The average Bonchev–Trinajstić information content (AvgIpc) is 2.64. The quantitative estimate of drug-likeness (QED) is 0.499. The van der Waals surface area contributed by atoms with Crippen molar-refractivity contribution in [1.82, 2.24) is 0 Å². The minimum Gasteiger partial charge on any atom is -0.458 e. The SMILES string of the molecule is CCC(C(=O)Nc1c(C)cccc1C)[P+](C)(C)CC(=O)OCc1ccccc1. The Labute approximate surface area is 169 Å².